The van der Waals surface area contributed by atoms with Crippen LogP contribution in [0.25, 0.3) is 10.2 Å². The Morgan fingerprint density at radius 2 is 2.42 bits per heavy atom. The molecule has 0 spiro atoms. The fraction of sp³-hybridized carbons (Fsp3) is 0.500. The average Bonchev–Trinajstić information content (AvgIpc) is 2.88. The van der Waals surface area contributed by atoms with Gasteiger partial charge in [0, 0.05) is 11.9 Å². The van der Waals surface area contributed by atoms with Crippen molar-refractivity contribution >= 4 is 33.2 Å². The number of thiophene rings is 1. The van der Waals surface area contributed by atoms with Gasteiger partial charge in [0.15, 0.2) is 0 Å². The molecule has 2 aromatic rings. The summed E-state index contributed by atoms with van der Waals surface area (Å²) in [5.41, 5.74) is 0. The zero-order chi connectivity index (χ0) is 13.2. The van der Waals surface area contributed by atoms with Crippen molar-refractivity contribution in [3.05, 3.63) is 22.4 Å². The number of halogens is 1. The van der Waals surface area contributed by atoms with Crippen molar-refractivity contribution in [3.63, 3.8) is 0 Å². The van der Waals surface area contributed by atoms with Gasteiger partial charge in [0.1, 0.15) is 15.8 Å². The molecule has 1 aliphatic rings. The lowest BCUT2D eigenvalue weighted by Gasteiger charge is -2.33. The molecule has 1 N–H and O–H groups in total. The van der Waals surface area contributed by atoms with Crippen LogP contribution in [0.5, 0.6) is 0 Å². The third kappa shape index (κ3) is 2.73. The van der Waals surface area contributed by atoms with E-state index in [0.717, 1.165) is 16.8 Å². The summed E-state index contributed by atoms with van der Waals surface area (Å²) < 4.78 is 5.36. The highest BCUT2D eigenvalue weighted by Gasteiger charge is 2.23. The normalized spacial score (nSPS) is 21.1. The number of rotatable bonds is 3. The molecule has 0 saturated carbocycles. The number of aliphatic hydroxyl groups excluding tert-OH is 1. The molecular formula is C12H14ClN3O2S. The minimum atomic E-state index is 0.00941. The van der Waals surface area contributed by atoms with Crippen molar-refractivity contribution in [2.24, 2.45) is 0 Å². The molecule has 5 nitrogen and oxygen atoms in total. The van der Waals surface area contributed by atoms with Gasteiger partial charge < -0.3 is 9.84 Å². The Hall–Kier alpha value is -0.790. The van der Waals surface area contributed by atoms with Gasteiger partial charge in [0.05, 0.1) is 32.4 Å². The Bertz CT molecular complexity index is 577. The van der Waals surface area contributed by atoms with Crippen LogP contribution in [0.4, 0.5) is 0 Å². The monoisotopic (exact) mass is 299 g/mol. The number of aliphatic hydroxyl groups is 1. The highest BCUT2D eigenvalue weighted by Crippen LogP contribution is 2.25. The molecule has 1 fully saturated rings. The molecule has 1 aliphatic heterocycles. The molecule has 0 aromatic carbocycles. The molecule has 19 heavy (non-hydrogen) atoms. The van der Waals surface area contributed by atoms with E-state index in [1.807, 2.05) is 11.4 Å². The van der Waals surface area contributed by atoms with Crippen molar-refractivity contribution in [1.29, 1.82) is 0 Å². The maximum absolute atomic E-state index is 9.35. The van der Waals surface area contributed by atoms with Gasteiger partial charge in [-0.1, -0.05) is 11.6 Å². The van der Waals surface area contributed by atoms with Crippen LogP contribution in [-0.2, 0) is 11.3 Å². The quantitative estimate of drug-likeness (QED) is 0.871. The SMILES string of the molecule is OCC1COCCN1Cc1nc(Cl)c2ccsc2n1. The van der Waals surface area contributed by atoms with Crippen LogP contribution in [0.3, 0.4) is 0 Å². The first-order valence-electron chi connectivity index (χ1n) is 6.10. The second-order valence-electron chi connectivity index (χ2n) is 4.45. The molecule has 102 valence electrons. The molecule has 0 bridgehead atoms. The molecule has 1 unspecified atom stereocenters. The standard InChI is InChI=1S/C12H14ClN3O2S/c13-11-9-1-4-19-12(9)15-10(14-11)5-16-2-3-18-7-8(16)6-17/h1,4,8,17H,2-3,5-7H2. The molecule has 1 atom stereocenters. The van der Waals surface area contributed by atoms with Crippen LogP contribution in [0.15, 0.2) is 11.4 Å². The Labute approximate surface area is 119 Å². The van der Waals surface area contributed by atoms with E-state index in [4.69, 9.17) is 16.3 Å². The lowest BCUT2D eigenvalue weighted by Crippen LogP contribution is -2.47. The van der Waals surface area contributed by atoms with Gasteiger partial charge in [-0.15, -0.1) is 11.3 Å². The number of aromatic nitrogens is 2. The highest BCUT2D eigenvalue weighted by molar-refractivity contribution is 7.16. The Morgan fingerprint density at radius 3 is 3.26 bits per heavy atom. The molecule has 3 heterocycles. The van der Waals surface area contributed by atoms with Gasteiger partial charge in [0.2, 0.25) is 0 Å². The summed E-state index contributed by atoms with van der Waals surface area (Å²) in [5.74, 6) is 0.695. The first-order chi connectivity index (χ1) is 9.28. The summed E-state index contributed by atoms with van der Waals surface area (Å²) in [6, 6.07) is 1.94. The Balaban J connectivity index is 1.83. The third-order valence-corrected chi connectivity index (χ3v) is 4.32. The summed E-state index contributed by atoms with van der Waals surface area (Å²) in [6.07, 6.45) is 0. The van der Waals surface area contributed by atoms with Gasteiger partial charge >= 0.3 is 0 Å². The number of nitrogens with zero attached hydrogens (tertiary/aromatic N) is 3. The molecule has 1 saturated heterocycles. The highest BCUT2D eigenvalue weighted by atomic mass is 35.5. The van der Waals surface area contributed by atoms with Gasteiger partial charge in [-0.3, -0.25) is 4.90 Å². The van der Waals surface area contributed by atoms with E-state index in [0.29, 0.717) is 30.7 Å². The summed E-state index contributed by atoms with van der Waals surface area (Å²) in [7, 11) is 0. The van der Waals surface area contributed by atoms with Crippen LogP contribution in [0.1, 0.15) is 5.82 Å². The zero-order valence-electron chi connectivity index (χ0n) is 10.3. The number of ether oxygens (including phenoxy) is 1. The molecule has 7 heteroatoms. The lowest BCUT2D eigenvalue weighted by molar-refractivity contribution is -0.0322. The second kappa shape index (κ2) is 5.68. The number of hydrogen-bond donors (Lipinski definition) is 1. The number of hydrogen-bond acceptors (Lipinski definition) is 6. The Kier molecular flexibility index (Phi) is 3.95. The van der Waals surface area contributed by atoms with Crippen molar-refractivity contribution in [3.8, 4) is 0 Å². The average molecular weight is 300 g/mol. The predicted octanol–water partition coefficient (Wildman–Crippen LogP) is 1.54. The van der Waals surface area contributed by atoms with E-state index >= 15 is 0 Å². The van der Waals surface area contributed by atoms with E-state index in [1.54, 1.807) is 11.3 Å². The van der Waals surface area contributed by atoms with E-state index in [1.165, 1.54) is 0 Å². The molecule has 2 aromatic heterocycles. The van der Waals surface area contributed by atoms with Crippen LogP contribution in [-0.4, -0.2) is 52.4 Å². The largest absolute Gasteiger partial charge is 0.395 e. The molecule has 0 radical (unpaired) electrons. The number of morpholine rings is 1. The van der Waals surface area contributed by atoms with Gasteiger partial charge in [0.25, 0.3) is 0 Å². The lowest BCUT2D eigenvalue weighted by atomic mass is 10.2. The Morgan fingerprint density at radius 1 is 1.53 bits per heavy atom. The predicted molar refractivity (Wildman–Crippen MR) is 74.5 cm³/mol. The van der Waals surface area contributed by atoms with Gasteiger partial charge in [-0.2, -0.15) is 0 Å². The van der Waals surface area contributed by atoms with E-state index < -0.39 is 0 Å². The summed E-state index contributed by atoms with van der Waals surface area (Å²) >= 11 is 7.71. The summed E-state index contributed by atoms with van der Waals surface area (Å²) in [5, 5.41) is 12.7. The van der Waals surface area contributed by atoms with Crippen molar-refractivity contribution < 1.29 is 9.84 Å². The molecule has 0 amide bonds. The second-order valence-corrected chi connectivity index (χ2v) is 5.70. The fourth-order valence-corrected chi connectivity index (χ4v) is 3.27. The maximum atomic E-state index is 9.35. The van der Waals surface area contributed by atoms with E-state index in [9.17, 15) is 5.11 Å². The fourth-order valence-electron chi connectivity index (χ4n) is 2.18. The van der Waals surface area contributed by atoms with E-state index in [-0.39, 0.29) is 12.6 Å². The van der Waals surface area contributed by atoms with Gasteiger partial charge in [-0.05, 0) is 11.4 Å². The number of fused-ring (bicyclic) bond motifs is 1. The smallest absolute Gasteiger partial charge is 0.145 e. The van der Waals surface area contributed by atoms with Crippen molar-refractivity contribution in [1.82, 2.24) is 14.9 Å². The maximum Gasteiger partial charge on any atom is 0.145 e. The van der Waals surface area contributed by atoms with Crippen molar-refractivity contribution in [2.75, 3.05) is 26.4 Å². The first-order valence-corrected chi connectivity index (χ1v) is 7.36. The minimum absolute atomic E-state index is 0.00941. The molecule has 0 aliphatic carbocycles. The zero-order valence-corrected chi connectivity index (χ0v) is 11.8. The van der Waals surface area contributed by atoms with Crippen LogP contribution >= 0.6 is 22.9 Å². The van der Waals surface area contributed by atoms with Gasteiger partial charge in [-0.25, -0.2) is 9.97 Å². The molecular weight excluding hydrogens is 286 g/mol. The van der Waals surface area contributed by atoms with Crippen LogP contribution in [0.2, 0.25) is 5.15 Å². The van der Waals surface area contributed by atoms with E-state index in [2.05, 4.69) is 14.9 Å². The third-order valence-electron chi connectivity index (χ3n) is 3.23. The van der Waals surface area contributed by atoms with Crippen LogP contribution < -0.4 is 0 Å². The topological polar surface area (TPSA) is 58.5 Å². The minimum Gasteiger partial charge on any atom is -0.395 e. The first kappa shape index (κ1) is 13.2. The molecule has 3 rings (SSSR count). The summed E-state index contributed by atoms with van der Waals surface area (Å²) in [6.45, 7) is 2.66. The summed E-state index contributed by atoms with van der Waals surface area (Å²) in [4.78, 5) is 11.9. The van der Waals surface area contributed by atoms with Crippen molar-refractivity contribution in [2.45, 2.75) is 12.6 Å². The van der Waals surface area contributed by atoms with Crippen LogP contribution in [0, 0.1) is 0 Å².